The minimum Gasteiger partial charge on any atom is -0.348 e. The first-order chi connectivity index (χ1) is 12.1. The Morgan fingerprint density at radius 2 is 2.04 bits per heavy atom. The summed E-state index contributed by atoms with van der Waals surface area (Å²) in [6.07, 6.45) is 2.69. The Kier molecular flexibility index (Phi) is 4.14. The van der Waals surface area contributed by atoms with Crippen molar-refractivity contribution in [1.82, 2.24) is 10.3 Å². The highest BCUT2D eigenvalue weighted by atomic mass is 35.5. The third-order valence-corrected chi connectivity index (χ3v) is 4.83. The van der Waals surface area contributed by atoms with Crippen LogP contribution in [0.25, 0.3) is 10.9 Å². The molecule has 1 N–H and O–H groups in total. The number of amides is 1. The van der Waals surface area contributed by atoms with E-state index in [4.69, 9.17) is 11.6 Å². The van der Waals surface area contributed by atoms with E-state index in [2.05, 4.69) is 10.3 Å². The lowest BCUT2D eigenvalue weighted by molar-refractivity contribution is 0.0951. The van der Waals surface area contributed by atoms with Crippen molar-refractivity contribution in [2.45, 2.75) is 25.8 Å². The molecule has 0 spiro atoms. The van der Waals surface area contributed by atoms with E-state index in [-0.39, 0.29) is 18.3 Å². The fourth-order valence-corrected chi connectivity index (χ4v) is 3.57. The highest BCUT2D eigenvalue weighted by Gasteiger charge is 2.24. The summed E-state index contributed by atoms with van der Waals surface area (Å²) in [5, 5.41) is 4.16. The van der Waals surface area contributed by atoms with Gasteiger partial charge in [0.15, 0.2) is 0 Å². The molecule has 0 aliphatic heterocycles. The van der Waals surface area contributed by atoms with Crippen molar-refractivity contribution >= 4 is 28.4 Å². The lowest BCUT2D eigenvalue weighted by Gasteiger charge is -2.13. The Balaban J connectivity index is 1.73. The molecule has 5 heteroatoms. The lowest BCUT2D eigenvalue weighted by Crippen LogP contribution is -2.25. The van der Waals surface area contributed by atoms with E-state index in [9.17, 15) is 9.18 Å². The molecule has 2 aromatic carbocycles. The molecule has 0 fully saturated rings. The van der Waals surface area contributed by atoms with Crippen LogP contribution in [0.2, 0.25) is 5.02 Å². The summed E-state index contributed by atoms with van der Waals surface area (Å²) in [6, 6.07) is 11.8. The van der Waals surface area contributed by atoms with E-state index in [1.165, 1.54) is 6.07 Å². The van der Waals surface area contributed by atoms with Gasteiger partial charge in [0.25, 0.3) is 5.91 Å². The van der Waals surface area contributed by atoms with Crippen LogP contribution in [0, 0.1) is 5.82 Å². The van der Waals surface area contributed by atoms with Gasteiger partial charge in [-0.3, -0.25) is 9.78 Å². The van der Waals surface area contributed by atoms with Gasteiger partial charge in [-0.1, -0.05) is 29.8 Å². The summed E-state index contributed by atoms with van der Waals surface area (Å²) in [4.78, 5) is 17.6. The van der Waals surface area contributed by atoms with Crippen molar-refractivity contribution in [3.8, 4) is 0 Å². The van der Waals surface area contributed by atoms with Crippen LogP contribution in [0.4, 0.5) is 4.39 Å². The summed E-state index contributed by atoms with van der Waals surface area (Å²) in [6.45, 7) is 0.144. The van der Waals surface area contributed by atoms with Gasteiger partial charge in [0.2, 0.25) is 0 Å². The number of aromatic nitrogens is 1. The number of rotatable bonds is 3. The van der Waals surface area contributed by atoms with Crippen molar-refractivity contribution in [3.63, 3.8) is 0 Å². The Morgan fingerprint density at radius 1 is 1.20 bits per heavy atom. The maximum atomic E-state index is 13.8. The number of hydrogen-bond donors (Lipinski definition) is 1. The largest absolute Gasteiger partial charge is 0.348 e. The van der Waals surface area contributed by atoms with Gasteiger partial charge in [0.1, 0.15) is 5.82 Å². The summed E-state index contributed by atoms with van der Waals surface area (Å²) in [5.74, 6) is -0.535. The Morgan fingerprint density at radius 3 is 2.88 bits per heavy atom. The molecule has 126 valence electrons. The average molecular weight is 355 g/mol. The molecule has 0 saturated carbocycles. The summed E-state index contributed by atoms with van der Waals surface area (Å²) in [7, 11) is 0. The molecule has 0 unspecified atom stereocenters. The Bertz CT molecular complexity index is 987. The van der Waals surface area contributed by atoms with Crippen LogP contribution in [0.3, 0.4) is 0 Å². The van der Waals surface area contributed by atoms with Crippen LogP contribution >= 0.6 is 11.6 Å². The van der Waals surface area contributed by atoms with Gasteiger partial charge < -0.3 is 5.32 Å². The van der Waals surface area contributed by atoms with Crippen LogP contribution < -0.4 is 5.32 Å². The number of fused-ring (bicyclic) bond motifs is 2. The minimum absolute atomic E-state index is 0.144. The van der Waals surface area contributed by atoms with Crippen molar-refractivity contribution in [2.75, 3.05) is 0 Å². The molecule has 3 aromatic rings. The topological polar surface area (TPSA) is 42.0 Å². The van der Waals surface area contributed by atoms with E-state index in [0.29, 0.717) is 16.1 Å². The zero-order chi connectivity index (χ0) is 17.4. The second-order valence-corrected chi connectivity index (χ2v) is 6.64. The van der Waals surface area contributed by atoms with Gasteiger partial charge in [-0.15, -0.1) is 0 Å². The normalized spacial score (nSPS) is 13.0. The first-order valence-electron chi connectivity index (χ1n) is 8.26. The maximum absolute atomic E-state index is 13.8. The summed E-state index contributed by atoms with van der Waals surface area (Å²) >= 11 is 6.13. The summed E-state index contributed by atoms with van der Waals surface area (Å²) < 4.78 is 13.8. The molecule has 0 saturated heterocycles. The number of aryl methyl sites for hydroxylation is 1. The second-order valence-electron chi connectivity index (χ2n) is 6.20. The monoisotopic (exact) mass is 354 g/mol. The quantitative estimate of drug-likeness (QED) is 0.755. The molecule has 0 bridgehead atoms. The van der Waals surface area contributed by atoms with Crippen molar-refractivity contribution < 1.29 is 9.18 Å². The third-order valence-electron chi connectivity index (χ3n) is 4.60. The zero-order valence-corrected chi connectivity index (χ0v) is 14.2. The molecular formula is C20H16ClFN2O. The predicted molar refractivity (Wildman–Crippen MR) is 96.3 cm³/mol. The van der Waals surface area contributed by atoms with Gasteiger partial charge in [0.05, 0.1) is 11.1 Å². The maximum Gasteiger partial charge on any atom is 0.252 e. The van der Waals surface area contributed by atoms with Crippen LogP contribution in [-0.2, 0) is 19.4 Å². The van der Waals surface area contributed by atoms with Crippen LogP contribution in [-0.4, -0.2) is 10.9 Å². The standard InChI is InChI=1S/C20H16ClFN2O/c21-13-8-9-18-15(10-13)19(14-5-3-7-17(14)24-18)20(25)23-11-12-4-1-2-6-16(12)22/h1-2,4,6,8-10H,3,5,7,11H2,(H,23,25). The van der Waals surface area contributed by atoms with E-state index in [1.807, 2.05) is 6.07 Å². The Hall–Kier alpha value is -2.46. The fraction of sp³-hybridized carbons (Fsp3) is 0.200. The molecule has 0 atom stereocenters. The first-order valence-corrected chi connectivity index (χ1v) is 8.64. The molecule has 25 heavy (non-hydrogen) atoms. The molecule has 1 amide bonds. The lowest BCUT2D eigenvalue weighted by atomic mass is 10.0. The van der Waals surface area contributed by atoms with Crippen LogP contribution in [0.1, 0.15) is 33.6 Å². The number of halogens is 2. The number of carbonyl (C=O) groups is 1. The minimum atomic E-state index is -0.323. The van der Waals surface area contributed by atoms with E-state index in [1.54, 1.807) is 30.3 Å². The van der Waals surface area contributed by atoms with Crippen LogP contribution in [0.15, 0.2) is 42.5 Å². The van der Waals surface area contributed by atoms with Crippen molar-refractivity contribution in [3.05, 3.63) is 75.7 Å². The molecular weight excluding hydrogens is 339 g/mol. The highest BCUT2D eigenvalue weighted by Crippen LogP contribution is 2.31. The van der Waals surface area contributed by atoms with E-state index in [0.717, 1.165) is 41.4 Å². The van der Waals surface area contributed by atoms with E-state index < -0.39 is 0 Å². The molecule has 1 aliphatic rings. The van der Waals surface area contributed by atoms with Gasteiger partial charge in [-0.25, -0.2) is 4.39 Å². The van der Waals surface area contributed by atoms with Crippen molar-refractivity contribution in [2.24, 2.45) is 0 Å². The molecule has 0 radical (unpaired) electrons. The number of benzene rings is 2. The number of nitrogens with one attached hydrogen (secondary N) is 1. The highest BCUT2D eigenvalue weighted by molar-refractivity contribution is 6.31. The van der Waals surface area contributed by atoms with Gasteiger partial charge in [-0.2, -0.15) is 0 Å². The summed E-state index contributed by atoms with van der Waals surface area (Å²) in [5.41, 5.74) is 3.81. The molecule has 1 aliphatic carbocycles. The number of nitrogens with zero attached hydrogens (tertiary/aromatic N) is 1. The zero-order valence-electron chi connectivity index (χ0n) is 13.5. The number of carbonyl (C=O) groups excluding carboxylic acids is 1. The van der Waals surface area contributed by atoms with Gasteiger partial charge in [0, 0.05) is 28.2 Å². The van der Waals surface area contributed by atoms with Crippen molar-refractivity contribution in [1.29, 1.82) is 0 Å². The van der Waals surface area contributed by atoms with Gasteiger partial charge >= 0.3 is 0 Å². The Labute approximate surface area is 149 Å². The average Bonchev–Trinajstić information content (AvgIpc) is 3.06. The smallest absolute Gasteiger partial charge is 0.252 e. The molecule has 1 aromatic heterocycles. The third kappa shape index (κ3) is 2.98. The molecule has 3 nitrogen and oxygen atoms in total. The number of hydrogen-bond acceptors (Lipinski definition) is 2. The number of pyridine rings is 1. The SMILES string of the molecule is O=C(NCc1ccccc1F)c1c2c(nc3ccc(Cl)cc13)CCC2. The predicted octanol–water partition coefficient (Wildman–Crippen LogP) is 4.45. The molecule has 4 rings (SSSR count). The fourth-order valence-electron chi connectivity index (χ4n) is 3.40. The van der Waals surface area contributed by atoms with Crippen LogP contribution in [0.5, 0.6) is 0 Å². The molecule has 1 heterocycles. The van der Waals surface area contributed by atoms with Gasteiger partial charge in [-0.05, 0) is 49.1 Å². The first kappa shape index (κ1) is 16.0. The second kappa shape index (κ2) is 6.45. The van der Waals surface area contributed by atoms with E-state index >= 15 is 0 Å².